The van der Waals surface area contributed by atoms with Crippen molar-refractivity contribution in [1.29, 1.82) is 0 Å². The molecule has 0 fully saturated rings. The molecule has 2 N–H and O–H groups in total. The number of aromatic hydroxyl groups is 1. The molecule has 138 valence electrons. The second-order valence-corrected chi connectivity index (χ2v) is 8.19. The predicted octanol–water partition coefficient (Wildman–Crippen LogP) is 5.94. The van der Waals surface area contributed by atoms with Gasteiger partial charge in [-0.25, -0.2) is 0 Å². The fraction of sp³-hybridized carbons (Fsp3) is 0.0870. The molecule has 0 saturated heterocycles. The first-order valence-corrected chi connectivity index (χ1v) is 10.1. The van der Waals surface area contributed by atoms with Crippen molar-refractivity contribution in [3.8, 4) is 11.5 Å². The van der Waals surface area contributed by atoms with Gasteiger partial charge in [0.05, 0.1) is 11.7 Å². The van der Waals surface area contributed by atoms with Gasteiger partial charge in [0.15, 0.2) is 0 Å². The first-order chi connectivity index (χ1) is 13.6. The van der Waals surface area contributed by atoms with E-state index in [2.05, 4.69) is 82.2 Å². The Morgan fingerprint density at radius 1 is 1.04 bits per heavy atom. The molecule has 1 unspecified atom stereocenters. The number of hydrogen-bond donors (Lipinski definition) is 2. The smallest absolute Gasteiger partial charge is 0.150 e. The van der Waals surface area contributed by atoms with Crippen molar-refractivity contribution in [2.75, 3.05) is 0 Å². The molecule has 3 aromatic carbocycles. The molecule has 5 heteroatoms. The summed E-state index contributed by atoms with van der Waals surface area (Å²) in [6.45, 7) is 2.09. The van der Waals surface area contributed by atoms with Gasteiger partial charge in [0.2, 0.25) is 0 Å². The molecule has 28 heavy (non-hydrogen) atoms. The fourth-order valence-corrected chi connectivity index (χ4v) is 4.15. The third-order valence-electron chi connectivity index (χ3n) is 5.20. The number of halogens is 1. The monoisotopic (exact) mass is 480 g/mol. The SMILES string of the molecule is CC1=C(c2ccc3cn[nH]c3c2)C(c2ccc(I)cc2)Oc2ccc(O)cc21. The lowest BCUT2D eigenvalue weighted by molar-refractivity contribution is 0.259. The number of nitrogens with one attached hydrogen (secondary N) is 1. The van der Waals surface area contributed by atoms with Gasteiger partial charge >= 0.3 is 0 Å². The molecule has 1 aliphatic rings. The van der Waals surface area contributed by atoms with Crippen molar-refractivity contribution in [3.63, 3.8) is 0 Å². The summed E-state index contributed by atoms with van der Waals surface area (Å²) in [5.74, 6) is 1.02. The topological polar surface area (TPSA) is 58.1 Å². The second-order valence-electron chi connectivity index (χ2n) is 6.94. The average molecular weight is 480 g/mol. The quantitative estimate of drug-likeness (QED) is 0.350. The van der Waals surface area contributed by atoms with E-state index >= 15 is 0 Å². The lowest BCUT2D eigenvalue weighted by Gasteiger charge is -2.31. The Kier molecular flexibility index (Phi) is 4.12. The summed E-state index contributed by atoms with van der Waals surface area (Å²) in [7, 11) is 0. The van der Waals surface area contributed by atoms with Gasteiger partial charge in [0.25, 0.3) is 0 Å². The number of fused-ring (bicyclic) bond motifs is 2. The van der Waals surface area contributed by atoms with E-state index in [4.69, 9.17) is 4.74 Å². The third kappa shape index (κ3) is 2.86. The summed E-state index contributed by atoms with van der Waals surface area (Å²) < 4.78 is 7.63. The minimum absolute atomic E-state index is 0.227. The molecule has 1 aliphatic heterocycles. The van der Waals surface area contributed by atoms with E-state index < -0.39 is 0 Å². The van der Waals surface area contributed by atoms with Crippen molar-refractivity contribution in [1.82, 2.24) is 10.2 Å². The molecule has 0 spiro atoms. The number of nitrogens with zero attached hydrogens (tertiary/aromatic N) is 1. The normalized spacial score (nSPS) is 16.1. The van der Waals surface area contributed by atoms with Gasteiger partial charge in [-0.3, -0.25) is 5.10 Å². The van der Waals surface area contributed by atoms with Crippen molar-refractivity contribution in [2.45, 2.75) is 13.0 Å². The number of ether oxygens (including phenoxy) is 1. The van der Waals surface area contributed by atoms with Gasteiger partial charge in [-0.15, -0.1) is 0 Å². The van der Waals surface area contributed by atoms with Gasteiger partial charge in [-0.2, -0.15) is 5.10 Å². The Morgan fingerprint density at radius 2 is 1.86 bits per heavy atom. The molecule has 0 bridgehead atoms. The standard InChI is InChI=1S/C23H17IN2O2/c1-13-19-11-18(27)8-9-21(19)28-23(14-4-6-17(24)7-5-14)22(13)15-2-3-16-12-25-26-20(16)10-15/h2-12,23,27H,1H3,(H,25,26). The van der Waals surface area contributed by atoms with E-state index in [9.17, 15) is 5.11 Å². The molecule has 4 aromatic rings. The largest absolute Gasteiger partial charge is 0.508 e. The second kappa shape index (κ2) is 6.67. The number of aromatic amines is 1. The van der Waals surface area contributed by atoms with Crippen LogP contribution in [0.4, 0.5) is 0 Å². The number of allylic oxidation sites excluding steroid dienone is 1. The van der Waals surface area contributed by atoms with Crippen molar-refractivity contribution in [3.05, 3.63) is 87.1 Å². The Morgan fingerprint density at radius 3 is 2.68 bits per heavy atom. The van der Waals surface area contributed by atoms with Crippen molar-refractivity contribution < 1.29 is 9.84 Å². The van der Waals surface area contributed by atoms with Crippen molar-refractivity contribution >= 4 is 44.6 Å². The van der Waals surface area contributed by atoms with Gasteiger partial charge in [0, 0.05) is 20.1 Å². The zero-order chi connectivity index (χ0) is 19.3. The van der Waals surface area contributed by atoms with Gasteiger partial charge < -0.3 is 9.84 Å². The van der Waals surface area contributed by atoms with Crippen LogP contribution >= 0.6 is 22.6 Å². The van der Waals surface area contributed by atoms with Crippen LogP contribution in [0.25, 0.3) is 22.0 Å². The zero-order valence-electron chi connectivity index (χ0n) is 15.1. The number of H-pyrrole nitrogens is 1. The molecule has 1 atom stereocenters. The summed E-state index contributed by atoms with van der Waals surface area (Å²) in [4.78, 5) is 0. The van der Waals surface area contributed by atoms with Crippen LogP contribution in [-0.2, 0) is 0 Å². The molecule has 1 aromatic heterocycles. The fourth-order valence-electron chi connectivity index (χ4n) is 3.79. The molecule has 0 radical (unpaired) electrons. The minimum atomic E-state index is -0.227. The van der Waals surface area contributed by atoms with E-state index in [0.29, 0.717) is 0 Å². The van der Waals surface area contributed by atoms with Crippen LogP contribution in [0.1, 0.15) is 29.7 Å². The molecule has 4 nitrogen and oxygen atoms in total. The number of phenolic OH excluding ortho intramolecular Hbond substituents is 1. The first-order valence-electron chi connectivity index (χ1n) is 9.00. The van der Waals surface area contributed by atoms with Gasteiger partial charge in [-0.1, -0.05) is 24.3 Å². The molecule has 0 amide bonds. The highest BCUT2D eigenvalue weighted by atomic mass is 127. The highest BCUT2D eigenvalue weighted by molar-refractivity contribution is 14.1. The van der Waals surface area contributed by atoms with Crippen LogP contribution in [-0.4, -0.2) is 15.3 Å². The van der Waals surface area contributed by atoms with E-state index in [1.54, 1.807) is 12.1 Å². The Bertz CT molecular complexity index is 1230. The van der Waals surface area contributed by atoms with Crippen LogP contribution in [0.2, 0.25) is 0 Å². The van der Waals surface area contributed by atoms with Crippen LogP contribution < -0.4 is 4.74 Å². The third-order valence-corrected chi connectivity index (χ3v) is 5.92. The maximum absolute atomic E-state index is 10.00. The van der Waals surface area contributed by atoms with E-state index in [-0.39, 0.29) is 11.9 Å². The Labute approximate surface area is 176 Å². The Balaban J connectivity index is 1.75. The molecule has 2 heterocycles. The lowest BCUT2D eigenvalue weighted by atomic mass is 9.86. The van der Waals surface area contributed by atoms with Crippen LogP contribution in [0.3, 0.4) is 0 Å². The van der Waals surface area contributed by atoms with Crippen molar-refractivity contribution in [2.24, 2.45) is 0 Å². The maximum Gasteiger partial charge on any atom is 0.150 e. The van der Waals surface area contributed by atoms with Crippen LogP contribution in [0.15, 0.2) is 66.9 Å². The summed E-state index contributed by atoms with van der Waals surface area (Å²) >= 11 is 2.31. The molecule has 0 saturated carbocycles. The van der Waals surface area contributed by atoms with Crippen LogP contribution in [0.5, 0.6) is 11.5 Å². The highest BCUT2D eigenvalue weighted by Crippen LogP contribution is 2.47. The van der Waals surface area contributed by atoms with Gasteiger partial charge in [-0.05, 0) is 82.6 Å². The number of hydrogen-bond acceptors (Lipinski definition) is 3. The molecular formula is C23H17IN2O2. The summed E-state index contributed by atoms with van der Waals surface area (Å²) in [6, 6.07) is 20.0. The minimum Gasteiger partial charge on any atom is -0.508 e. The molecule has 5 rings (SSSR count). The number of phenols is 1. The summed E-state index contributed by atoms with van der Waals surface area (Å²) in [6.07, 6.45) is 1.59. The number of benzene rings is 3. The highest BCUT2D eigenvalue weighted by Gasteiger charge is 2.29. The van der Waals surface area contributed by atoms with E-state index in [0.717, 1.165) is 44.5 Å². The molecular weight excluding hydrogens is 463 g/mol. The maximum atomic E-state index is 10.00. The number of aromatic nitrogens is 2. The van der Waals surface area contributed by atoms with Gasteiger partial charge in [0.1, 0.15) is 17.6 Å². The average Bonchev–Trinajstić information content (AvgIpc) is 3.17. The van der Waals surface area contributed by atoms with Crippen LogP contribution in [0, 0.1) is 3.57 Å². The molecule has 0 aliphatic carbocycles. The van der Waals surface area contributed by atoms with E-state index in [1.165, 1.54) is 3.57 Å². The summed E-state index contributed by atoms with van der Waals surface area (Å²) in [5, 5.41) is 18.3. The first kappa shape index (κ1) is 17.3. The Hall–Kier alpha value is -2.80. The lowest BCUT2D eigenvalue weighted by Crippen LogP contribution is -2.16. The summed E-state index contributed by atoms with van der Waals surface area (Å²) in [5.41, 5.74) is 6.27. The predicted molar refractivity (Wildman–Crippen MR) is 119 cm³/mol. The number of rotatable bonds is 2. The van der Waals surface area contributed by atoms with E-state index in [1.807, 2.05) is 12.3 Å². The zero-order valence-corrected chi connectivity index (χ0v) is 17.3.